The van der Waals surface area contributed by atoms with Gasteiger partial charge in [0.2, 0.25) is 5.75 Å². The van der Waals surface area contributed by atoms with Gasteiger partial charge >= 0.3 is 0 Å². The first-order valence-corrected chi connectivity index (χ1v) is 8.66. The summed E-state index contributed by atoms with van der Waals surface area (Å²) in [6.45, 7) is 0. The number of rotatable bonds is 6. The molecule has 8 heteroatoms. The Balaban J connectivity index is 0.00000300. The number of allylic oxidation sites excluding steroid dienone is 1. The second-order valence-corrected chi connectivity index (χ2v) is 6.20. The Morgan fingerprint density at radius 2 is 1.45 bits per heavy atom. The van der Waals surface area contributed by atoms with Crippen LogP contribution in [0.5, 0.6) is 23.0 Å². The van der Waals surface area contributed by atoms with Gasteiger partial charge in [0.05, 0.1) is 40.3 Å². The van der Waals surface area contributed by atoms with Gasteiger partial charge in [-0.2, -0.15) is 0 Å². The van der Waals surface area contributed by atoms with Crippen molar-refractivity contribution in [2.24, 2.45) is 5.16 Å². The monoisotopic (exact) mass is 612 g/mol. The first-order valence-electron chi connectivity index (χ1n) is 8.66. The van der Waals surface area contributed by atoms with E-state index >= 15 is 0 Å². The van der Waals surface area contributed by atoms with E-state index in [0.717, 1.165) is 5.56 Å². The van der Waals surface area contributed by atoms with E-state index in [2.05, 4.69) is 5.16 Å². The van der Waals surface area contributed by atoms with Crippen molar-refractivity contribution < 1.29 is 73.3 Å². The quantitative estimate of drug-likeness (QED) is 0.385. The predicted octanol–water partition coefficient (Wildman–Crippen LogP) is 3.23. The average molecular weight is 612 g/mol. The fraction of sp³-hybridized carbons (Fsp3) is 0.286. The van der Waals surface area contributed by atoms with Crippen LogP contribution >= 0.6 is 0 Å². The second-order valence-electron chi connectivity index (χ2n) is 6.20. The van der Waals surface area contributed by atoms with Crippen molar-refractivity contribution in [1.29, 1.82) is 0 Å². The molecule has 2 N–H and O–H groups in total. The van der Waals surface area contributed by atoms with E-state index in [9.17, 15) is 10.3 Å². The van der Waals surface area contributed by atoms with Gasteiger partial charge in [-0.3, -0.25) is 0 Å². The van der Waals surface area contributed by atoms with E-state index in [4.69, 9.17) is 18.9 Å². The summed E-state index contributed by atoms with van der Waals surface area (Å²) in [5.41, 5.74) is 3.15. The first kappa shape index (κ1) is 23.5. The van der Waals surface area contributed by atoms with E-state index in [1.807, 2.05) is 24.3 Å². The van der Waals surface area contributed by atoms with Crippen molar-refractivity contribution >= 4 is 16.9 Å². The maximum atomic E-state index is 10.7. The van der Waals surface area contributed by atoms with Gasteiger partial charge in [-0.1, -0.05) is 17.3 Å². The first-order chi connectivity index (χ1) is 13.6. The predicted molar refractivity (Wildman–Crippen MR) is 106 cm³/mol. The van der Waals surface area contributed by atoms with Crippen LogP contribution < -0.4 is 18.9 Å². The molecule has 3 rings (SSSR count). The van der Waals surface area contributed by atoms with Crippen LogP contribution in [0.15, 0.2) is 41.6 Å². The van der Waals surface area contributed by atoms with E-state index in [1.165, 1.54) is 21.3 Å². The molecular formula is C21H23AcNO6. The van der Waals surface area contributed by atoms with Crippen LogP contribution in [0.4, 0.5) is 0 Å². The van der Waals surface area contributed by atoms with Gasteiger partial charge in [0.1, 0.15) is 5.75 Å². The number of methoxy groups -OCH3 is 4. The molecule has 0 fully saturated rings. The van der Waals surface area contributed by atoms with E-state index < -0.39 is 6.10 Å². The standard InChI is InChI=1S/C21H23NO6.Ac/c1-25-14-7-5-12(6-8-14)20-16(23)11-15(22-24)19(20)13-9-17(26-2)21(28-4)18(10-13)27-3;/h5-10,16,23-24H,11H2,1-4H3;/b22-15+;. The molecule has 0 bridgehead atoms. The number of hydrogen-bond acceptors (Lipinski definition) is 7. The molecule has 0 aliphatic heterocycles. The third-order valence-corrected chi connectivity index (χ3v) is 4.75. The Bertz CT molecular complexity index is 898. The molecule has 1 unspecified atom stereocenters. The van der Waals surface area contributed by atoms with Gasteiger partial charge in [-0.15, -0.1) is 0 Å². The van der Waals surface area contributed by atoms with Crippen molar-refractivity contribution in [3.8, 4) is 23.0 Å². The van der Waals surface area contributed by atoms with Crippen LogP contribution in [0.2, 0.25) is 0 Å². The van der Waals surface area contributed by atoms with Gasteiger partial charge in [0.15, 0.2) is 11.5 Å². The minimum atomic E-state index is -0.812. The summed E-state index contributed by atoms with van der Waals surface area (Å²) in [7, 11) is 6.19. The number of hydrogen-bond donors (Lipinski definition) is 2. The summed E-state index contributed by atoms with van der Waals surface area (Å²) < 4.78 is 21.5. The van der Waals surface area contributed by atoms with Crippen molar-refractivity contribution in [1.82, 2.24) is 0 Å². The molecule has 2 aromatic rings. The van der Waals surface area contributed by atoms with Crippen LogP contribution in [-0.4, -0.2) is 50.6 Å². The summed E-state index contributed by atoms with van der Waals surface area (Å²) in [4.78, 5) is 0. The van der Waals surface area contributed by atoms with Crippen LogP contribution in [0.3, 0.4) is 0 Å². The Hall–Kier alpha value is -1.75. The summed E-state index contributed by atoms with van der Waals surface area (Å²) >= 11 is 0. The molecule has 7 nitrogen and oxygen atoms in total. The van der Waals surface area contributed by atoms with Crippen molar-refractivity contribution in [3.05, 3.63) is 47.5 Å². The van der Waals surface area contributed by atoms with E-state index in [-0.39, 0.29) is 50.5 Å². The molecule has 0 heterocycles. The zero-order valence-electron chi connectivity index (χ0n) is 16.8. The van der Waals surface area contributed by atoms with E-state index in [1.54, 1.807) is 19.2 Å². The number of aliphatic hydroxyl groups is 1. The largest absolute Gasteiger partial charge is 0.497 e. The molecule has 2 aromatic carbocycles. The molecule has 1 aliphatic carbocycles. The SMILES string of the molecule is COc1ccc(C2=C(c3cc(OC)c(OC)c(OC)c3)/C(=N/O)CC2O)cc1.[Ac]. The minimum Gasteiger partial charge on any atom is -0.497 e. The third kappa shape index (κ3) is 4.55. The second kappa shape index (κ2) is 10.3. The fourth-order valence-electron chi connectivity index (χ4n) is 3.45. The molecule has 1 atom stereocenters. The normalized spacial score (nSPS) is 17.1. The Morgan fingerprint density at radius 3 is 1.90 bits per heavy atom. The van der Waals surface area contributed by atoms with E-state index in [0.29, 0.717) is 45.4 Å². The number of nitrogens with zero attached hydrogens (tertiary/aromatic N) is 1. The maximum absolute atomic E-state index is 10.7. The van der Waals surface area contributed by atoms with Crippen LogP contribution in [0.1, 0.15) is 17.5 Å². The van der Waals surface area contributed by atoms with Crippen LogP contribution in [-0.2, 0) is 0 Å². The molecule has 0 saturated carbocycles. The van der Waals surface area contributed by atoms with Gasteiger partial charge in [0, 0.05) is 56.1 Å². The number of benzene rings is 2. The third-order valence-electron chi connectivity index (χ3n) is 4.75. The zero-order chi connectivity index (χ0) is 20.3. The van der Waals surface area contributed by atoms with Gasteiger partial charge < -0.3 is 29.3 Å². The Morgan fingerprint density at radius 1 is 0.862 bits per heavy atom. The Kier molecular flexibility index (Phi) is 8.38. The molecule has 0 aromatic heterocycles. The van der Waals surface area contributed by atoms with Crippen molar-refractivity contribution in [2.45, 2.75) is 12.5 Å². The molecule has 29 heavy (non-hydrogen) atoms. The van der Waals surface area contributed by atoms with Gasteiger partial charge in [0.25, 0.3) is 0 Å². The smallest absolute Gasteiger partial charge is 0.203 e. The number of oxime groups is 1. The molecule has 1 radical (unpaired) electrons. The van der Waals surface area contributed by atoms with Crippen LogP contribution in [0.25, 0.3) is 11.1 Å². The number of ether oxygens (including phenoxy) is 4. The minimum absolute atomic E-state index is 0. The molecule has 0 saturated heterocycles. The van der Waals surface area contributed by atoms with Crippen molar-refractivity contribution in [3.63, 3.8) is 0 Å². The molecule has 0 amide bonds. The van der Waals surface area contributed by atoms with Crippen LogP contribution in [0, 0.1) is 44.1 Å². The summed E-state index contributed by atoms with van der Waals surface area (Å²) in [6.07, 6.45) is -0.613. The fourth-order valence-corrected chi connectivity index (χ4v) is 3.45. The molecule has 1 aliphatic rings. The summed E-state index contributed by atoms with van der Waals surface area (Å²) in [6, 6.07) is 10.9. The molecule has 151 valence electrons. The van der Waals surface area contributed by atoms with Gasteiger partial charge in [-0.25, -0.2) is 0 Å². The van der Waals surface area contributed by atoms with Gasteiger partial charge in [-0.05, 0) is 41.0 Å². The van der Waals surface area contributed by atoms with Crippen molar-refractivity contribution in [2.75, 3.05) is 28.4 Å². The average Bonchev–Trinajstić information content (AvgIpc) is 3.08. The molecule has 0 spiro atoms. The zero-order valence-corrected chi connectivity index (χ0v) is 21.5. The Labute approximate surface area is 205 Å². The molecular weight excluding hydrogens is 589 g/mol. The summed E-state index contributed by atoms with van der Waals surface area (Å²) in [5.74, 6) is 2.11. The summed E-state index contributed by atoms with van der Waals surface area (Å²) in [5, 5.41) is 23.7. The topological polar surface area (TPSA) is 89.7 Å². The number of aliphatic hydroxyl groups excluding tert-OH is 1. The maximum Gasteiger partial charge on any atom is 0.203 e.